The van der Waals surface area contributed by atoms with Crippen molar-refractivity contribution in [2.75, 3.05) is 44.8 Å². The molecule has 3 heterocycles. The number of fused-ring (bicyclic) bond motifs is 2. The number of hydrogen-bond acceptors (Lipinski definition) is 11. The summed E-state index contributed by atoms with van der Waals surface area (Å²) in [4.78, 5) is 93.9. The Morgan fingerprint density at radius 3 is 2.34 bits per heavy atom. The van der Waals surface area contributed by atoms with Crippen LogP contribution in [0.25, 0.3) is 22.0 Å². The summed E-state index contributed by atoms with van der Waals surface area (Å²) in [5.74, 6) is -1.35. The topological polar surface area (TPSA) is 247 Å². The van der Waals surface area contributed by atoms with Gasteiger partial charge in [0.15, 0.2) is 9.84 Å². The second-order valence-corrected chi connectivity index (χ2v) is 20.6. The molecule has 2 aromatic carbocycles. The summed E-state index contributed by atoms with van der Waals surface area (Å²) in [6.07, 6.45) is 8.28. The lowest BCUT2D eigenvalue weighted by Crippen LogP contribution is -2.37. The molecule has 6 N–H and O–H groups in total. The molecule has 2 aliphatic rings. The van der Waals surface area contributed by atoms with Crippen LogP contribution in [0.3, 0.4) is 0 Å². The highest BCUT2D eigenvalue weighted by atomic mass is 32.2. The lowest BCUT2D eigenvalue weighted by Gasteiger charge is -2.22. The summed E-state index contributed by atoms with van der Waals surface area (Å²) in [5.41, 5.74) is 3.77. The first kappa shape index (κ1) is 49.9. The van der Waals surface area contributed by atoms with Crippen molar-refractivity contribution in [3.8, 4) is 11.1 Å². The predicted octanol–water partition coefficient (Wildman–Crippen LogP) is 4.35. The molecule has 1 saturated carbocycles. The number of aromatic amines is 1. The van der Waals surface area contributed by atoms with E-state index >= 15 is 0 Å². The maximum atomic E-state index is 13.9. The minimum atomic E-state index is -3.63. The Morgan fingerprint density at radius 1 is 0.925 bits per heavy atom. The van der Waals surface area contributed by atoms with Crippen molar-refractivity contribution in [2.45, 2.75) is 96.1 Å². The van der Waals surface area contributed by atoms with Crippen molar-refractivity contribution in [3.05, 3.63) is 86.5 Å². The van der Waals surface area contributed by atoms with Crippen LogP contribution in [-0.4, -0.2) is 110 Å². The number of pyridine rings is 1. The molecular formula is C48H62N8O10S. The van der Waals surface area contributed by atoms with Gasteiger partial charge in [-0.3, -0.25) is 24.0 Å². The van der Waals surface area contributed by atoms with Crippen molar-refractivity contribution < 1.29 is 41.9 Å². The number of anilines is 1. The molecule has 1 aliphatic heterocycles. The molecule has 67 heavy (non-hydrogen) atoms. The van der Waals surface area contributed by atoms with Crippen LogP contribution < -0.4 is 32.1 Å². The van der Waals surface area contributed by atoms with Crippen molar-refractivity contribution in [3.63, 3.8) is 0 Å². The number of nitrogens with zero attached hydrogens (tertiary/aromatic N) is 2. The van der Waals surface area contributed by atoms with Gasteiger partial charge in [0.2, 0.25) is 5.91 Å². The van der Waals surface area contributed by atoms with Crippen LogP contribution in [-0.2, 0) is 49.9 Å². The van der Waals surface area contributed by atoms with E-state index in [4.69, 9.17) is 4.74 Å². The normalized spacial score (nSPS) is 14.1. The van der Waals surface area contributed by atoms with Gasteiger partial charge in [0, 0.05) is 99.0 Å². The molecule has 1 fully saturated rings. The molecule has 360 valence electrons. The first-order valence-corrected chi connectivity index (χ1v) is 24.7. The van der Waals surface area contributed by atoms with E-state index in [9.17, 15) is 42.0 Å². The molecule has 2 aromatic heterocycles. The van der Waals surface area contributed by atoms with Crippen LogP contribution in [0.1, 0.15) is 114 Å². The molecule has 0 saturated heterocycles. The number of amides is 5. The molecule has 1 atom stereocenters. The van der Waals surface area contributed by atoms with Crippen molar-refractivity contribution in [1.29, 1.82) is 0 Å². The highest BCUT2D eigenvalue weighted by Crippen LogP contribution is 2.38. The maximum Gasteiger partial charge on any atom is 0.407 e. The molecular weight excluding hydrogens is 881 g/mol. The highest BCUT2D eigenvalue weighted by Gasteiger charge is 2.33. The second kappa shape index (κ2) is 21.4. The minimum Gasteiger partial charge on any atom is -0.444 e. The molecule has 1 unspecified atom stereocenters. The lowest BCUT2D eigenvalue weighted by atomic mass is 9.95. The molecule has 1 aliphatic carbocycles. The number of sulfone groups is 1. The van der Waals surface area contributed by atoms with Crippen molar-refractivity contribution in [1.82, 2.24) is 35.7 Å². The van der Waals surface area contributed by atoms with E-state index in [-0.39, 0.29) is 65.6 Å². The molecule has 0 spiro atoms. The van der Waals surface area contributed by atoms with Gasteiger partial charge in [-0.1, -0.05) is 18.6 Å². The summed E-state index contributed by atoms with van der Waals surface area (Å²) in [7, 11) is -0.526. The molecule has 4 aromatic rings. The van der Waals surface area contributed by atoms with Gasteiger partial charge in [-0.15, -0.1) is 0 Å². The Kier molecular flexibility index (Phi) is 16.0. The van der Waals surface area contributed by atoms with Crippen LogP contribution in [0.15, 0.2) is 47.4 Å². The first-order valence-electron chi connectivity index (χ1n) is 22.7. The average molecular weight is 943 g/mol. The van der Waals surface area contributed by atoms with E-state index in [0.29, 0.717) is 59.7 Å². The van der Waals surface area contributed by atoms with Crippen molar-refractivity contribution in [2.24, 2.45) is 13.0 Å². The molecule has 5 amide bonds. The van der Waals surface area contributed by atoms with Gasteiger partial charge >= 0.3 is 6.09 Å². The number of rotatable bonds is 22. The summed E-state index contributed by atoms with van der Waals surface area (Å²) in [6.45, 7) is 6.66. The Balaban J connectivity index is 1.14. The third-order valence-corrected chi connectivity index (χ3v) is 12.5. The van der Waals surface area contributed by atoms with E-state index in [1.807, 2.05) is 12.1 Å². The van der Waals surface area contributed by atoms with Crippen LogP contribution in [0.2, 0.25) is 0 Å². The number of H-pyrrole nitrogens is 1. The minimum absolute atomic E-state index is 0.0836. The fourth-order valence-corrected chi connectivity index (χ4v) is 8.88. The summed E-state index contributed by atoms with van der Waals surface area (Å²) < 4.78 is 32.3. The fraction of sp³-hybridized carbons (Fsp3) is 0.479. The monoisotopic (exact) mass is 942 g/mol. The number of carbonyl (C=O) groups excluding carboxylic acids is 6. The summed E-state index contributed by atoms with van der Waals surface area (Å²) >= 11 is 0. The van der Waals surface area contributed by atoms with E-state index in [2.05, 4.69) is 31.6 Å². The third-order valence-electron chi connectivity index (χ3n) is 11.7. The van der Waals surface area contributed by atoms with Gasteiger partial charge in [-0.25, -0.2) is 13.2 Å². The van der Waals surface area contributed by atoms with Crippen LogP contribution in [0.4, 0.5) is 10.5 Å². The zero-order valence-corrected chi connectivity index (χ0v) is 39.9. The molecule has 0 bridgehead atoms. The fourth-order valence-electron chi connectivity index (χ4n) is 8.07. The van der Waals surface area contributed by atoms with E-state index in [1.165, 1.54) is 16.5 Å². The predicted molar refractivity (Wildman–Crippen MR) is 255 cm³/mol. The zero-order valence-electron chi connectivity index (χ0n) is 39.1. The number of carbonyl (C=O) groups is 6. The molecule has 18 nitrogen and oxygen atoms in total. The zero-order chi connectivity index (χ0) is 48.6. The van der Waals surface area contributed by atoms with Gasteiger partial charge in [0.1, 0.15) is 23.1 Å². The maximum absolute atomic E-state index is 13.9. The summed E-state index contributed by atoms with van der Waals surface area (Å²) in [6, 6.07) is 9.90. The van der Waals surface area contributed by atoms with E-state index < -0.39 is 45.1 Å². The molecule has 19 heteroatoms. The average Bonchev–Trinajstić information content (AvgIpc) is 3.90. The number of alkyl carbamates (subject to hydrolysis) is 1. The number of benzene rings is 2. The van der Waals surface area contributed by atoms with E-state index in [0.717, 1.165) is 55.8 Å². The number of nitrogens with one attached hydrogen (secondary N) is 6. The number of ether oxygens (including phenoxy) is 1. The number of hydrogen-bond donors (Lipinski definition) is 6. The molecule has 0 radical (unpaired) electrons. The quantitative estimate of drug-likeness (QED) is 0.0478. The standard InChI is InChI=1S/C48H62N8O10S/c1-48(2,3)66-47(63)52-19-18-51-44(60)40-23-37-38(26-55(5)46(62)42(37)54-40)36-21-32(28-67(6,64)65)35(22-39(36)53-24-30-11-12-30)43(59)50-17-9-7-8-10-29-13-15-34-31(20-29)25-56(45(34)61)33(27-57)14-16-41(58)49-4/h13,15,20-23,26-27,30,33,53-54H,7-12,14,16-19,24-25,28H2,1-6H3,(H,49,58)(H,50,59)(H,51,60)(H,52,63). The SMILES string of the molecule is CNC(=O)CCC(C=O)N1Cc2cc(CCCCCNC(=O)c3cc(NCC4CC4)c(-c4cn(C)c(=O)c5[nH]c(C(=O)NCCNC(=O)OC(C)(C)C)cc45)cc3CS(C)(=O)=O)ccc2C1=O. The van der Waals surface area contributed by atoms with Gasteiger partial charge in [0.25, 0.3) is 23.3 Å². The smallest absolute Gasteiger partial charge is 0.407 e. The second-order valence-electron chi connectivity index (χ2n) is 18.5. The Labute approximate surface area is 390 Å². The first-order chi connectivity index (χ1) is 31.7. The number of unbranched alkanes of at least 4 members (excludes halogenated alkanes) is 2. The Bertz CT molecular complexity index is 2720. The third kappa shape index (κ3) is 13.3. The number of aromatic nitrogens is 2. The van der Waals surface area contributed by atoms with Crippen LogP contribution in [0, 0.1) is 5.92 Å². The largest absolute Gasteiger partial charge is 0.444 e. The number of aldehydes is 1. The lowest BCUT2D eigenvalue weighted by molar-refractivity contribution is -0.121. The van der Waals surface area contributed by atoms with Gasteiger partial charge < -0.3 is 50.6 Å². The highest BCUT2D eigenvalue weighted by molar-refractivity contribution is 7.89. The van der Waals surface area contributed by atoms with Crippen LogP contribution in [0.5, 0.6) is 0 Å². The van der Waals surface area contributed by atoms with E-state index in [1.54, 1.807) is 58.3 Å². The summed E-state index contributed by atoms with van der Waals surface area (Å²) in [5, 5.41) is 14.7. The molecule has 6 rings (SSSR count). The van der Waals surface area contributed by atoms with Gasteiger partial charge in [-0.2, -0.15) is 0 Å². The van der Waals surface area contributed by atoms with Gasteiger partial charge in [-0.05, 0) is 106 Å². The Hall–Kier alpha value is -6.50. The Morgan fingerprint density at radius 2 is 1.66 bits per heavy atom. The number of aryl methyl sites for hydroxylation is 2. The van der Waals surface area contributed by atoms with Crippen molar-refractivity contribution >= 4 is 62.4 Å². The van der Waals surface area contributed by atoms with Crippen LogP contribution >= 0.6 is 0 Å². The van der Waals surface area contributed by atoms with Gasteiger partial charge in [0.05, 0.1) is 11.8 Å².